The van der Waals surface area contributed by atoms with Crippen LogP contribution >= 0.6 is 0 Å². The summed E-state index contributed by atoms with van der Waals surface area (Å²) in [6.07, 6.45) is 0.799. The molecule has 0 aromatic heterocycles. The number of rotatable bonds is 5. The zero-order chi connectivity index (χ0) is 15.4. The first-order valence-corrected chi connectivity index (χ1v) is 6.33. The van der Waals surface area contributed by atoms with E-state index in [-0.39, 0.29) is 6.42 Å². The minimum atomic E-state index is -1.07. The van der Waals surface area contributed by atoms with Crippen molar-refractivity contribution in [3.63, 3.8) is 0 Å². The standard InChI is InChI=1S/C15H16O6/c1-4-5-9-6-10(7-11(18-2)14(9)19-3)15-20-12(16)8-13(17)21-15/h4,6-7,15H,1,5,8H2,2-3H3. The third kappa shape index (κ3) is 3.16. The Labute approximate surface area is 122 Å². The highest BCUT2D eigenvalue weighted by atomic mass is 16.7. The number of hydrogen-bond acceptors (Lipinski definition) is 6. The van der Waals surface area contributed by atoms with Gasteiger partial charge in [0.05, 0.1) is 14.2 Å². The van der Waals surface area contributed by atoms with Crippen molar-refractivity contribution in [2.45, 2.75) is 19.1 Å². The van der Waals surface area contributed by atoms with E-state index in [0.717, 1.165) is 5.56 Å². The number of cyclic esters (lactones) is 2. The number of carbonyl (C=O) groups is 2. The lowest BCUT2D eigenvalue weighted by atomic mass is 10.0. The maximum Gasteiger partial charge on any atom is 0.320 e. The molecule has 0 saturated carbocycles. The normalized spacial score (nSPS) is 15.1. The highest BCUT2D eigenvalue weighted by Gasteiger charge is 2.30. The molecule has 1 aliphatic rings. The van der Waals surface area contributed by atoms with Crippen molar-refractivity contribution in [3.05, 3.63) is 35.9 Å². The van der Waals surface area contributed by atoms with E-state index < -0.39 is 18.2 Å². The Bertz CT molecular complexity index is 562. The molecule has 0 bridgehead atoms. The van der Waals surface area contributed by atoms with Crippen LogP contribution in [0.15, 0.2) is 24.8 Å². The number of methoxy groups -OCH3 is 2. The highest BCUT2D eigenvalue weighted by Crippen LogP contribution is 2.37. The van der Waals surface area contributed by atoms with Gasteiger partial charge < -0.3 is 18.9 Å². The monoisotopic (exact) mass is 292 g/mol. The first-order valence-electron chi connectivity index (χ1n) is 6.33. The Hall–Kier alpha value is -2.50. The smallest absolute Gasteiger partial charge is 0.320 e. The molecule has 1 aliphatic heterocycles. The highest BCUT2D eigenvalue weighted by molar-refractivity contribution is 5.92. The second-order valence-corrected chi connectivity index (χ2v) is 4.40. The van der Waals surface area contributed by atoms with E-state index in [1.807, 2.05) is 0 Å². The van der Waals surface area contributed by atoms with Gasteiger partial charge in [-0.15, -0.1) is 6.58 Å². The van der Waals surface area contributed by atoms with Gasteiger partial charge in [0.15, 0.2) is 11.5 Å². The topological polar surface area (TPSA) is 71.1 Å². The van der Waals surface area contributed by atoms with E-state index >= 15 is 0 Å². The molecular formula is C15H16O6. The Morgan fingerprint density at radius 3 is 2.43 bits per heavy atom. The van der Waals surface area contributed by atoms with Crippen LogP contribution in [0.2, 0.25) is 0 Å². The van der Waals surface area contributed by atoms with Crippen LogP contribution in [0.3, 0.4) is 0 Å². The second-order valence-electron chi connectivity index (χ2n) is 4.40. The van der Waals surface area contributed by atoms with E-state index in [1.54, 1.807) is 18.2 Å². The summed E-state index contributed by atoms with van der Waals surface area (Å²) in [5, 5.41) is 0. The molecule has 0 aliphatic carbocycles. The van der Waals surface area contributed by atoms with Gasteiger partial charge >= 0.3 is 11.9 Å². The Kier molecular flexibility index (Phi) is 4.47. The lowest BCUT2D eigenvalue weighted by Gasteiger charge is -2.24. The van der Waals surface area contributed by atoms with Crippen LogP contribution in [0, 0.1) is 0 Å². The first kappa shape index (κ1) is 14.9. The fourth-order valence-electron chi connectivity index (χ4n) is 2.11. The molecule has 1 aromatic rings. The van der Waals surface area contributed by atoms with Gasteiger partial charge in [0.2, 0.25) is 0 Å². The van der Waals surface area contributed by atoms with Crippen LogP contribution in [0.25, 0.3) is 0 Å². The maximum atomic E-state index is 11.4. The summed E-state index contributed by atoms with van der Waals surface area (Å²) in [4.78, 5) is 22.7. The predicted molar refractivity (Wildman–Crippen MR) is 73.0 cm³/mol. The van der Waals surface area contributed by atoms with Crippen molar-refractivity contribution in [1.82, 2.24) is 0 Å². The van der Waals surface area contributed by atoms with Crippen LogP contribution in [0.1, 0.15) is 23.8 Å². The Morgan fingerprint density at radius 1 is 1.24 bits per heavy atom. The van der Waals surface area contributed by atoms with Gasteiger partial charge in [-0.05, 0) is 18.6 Å². The van der Waals surface area contributed by atoms with Crippen molar-refractivity contribution in [1.29, 1.82) is 0 Å². The second kappa shape index (κ2) is 6.30. The average Bonchev–Trinajstić information content (AvgIpc) is 2.45. The number of ether oxygens (including phenoxy) is 4. The van der Waals surface area contributed by atoms with Gasteiger partial charge in [0.1, 0.15) is 6.42 Å². The van der Waals surface area contributed by atoms with Gasteiger partial charge in [-0.3, -0.25) is 9.59 Å². The minimum Gasteiger partial charge on any atom is -0.493 e. The molecule has 0 radical (unpaired) electrons. The molecule has 21 heavy (non-hydrogen) atoms. The van der Waals surface area contributed by atoms with Gasteiger partial charge in [-0.25, -0.2) is 0 Å². The van der Waals surface area contributed by atoms with Gasteiger partial charge in [-0.2, -0.15) is 0 Å². The first-order chi connectivity index (χ1) is 10.1. The molecule has 6 nitrogen and oxygen atoms in total. The number of carbonyl (C=O) groups excluding carboxylic acids is 2. The van der Waals surface area contributed by atoms with E-state index in [1.165, 1.54) is 14.2 Å². The quantitative estimate of drug-likeness (QED) is 0.469. The summed E-state index contributed by atoms with van der Waals surface area (Å²) in [5.41, 5.74) is 1.30. The van der Waals surface area contributed by atoms with E-state index in [4.69, 9.17) is 18.9 Å². The molecule has 1 saturated heterocycles. The number of hydrogen-bond donors (Lipinski definition) is 0. The Balaban J connectivity index is 2.43. The van der Waals surface area contributed by atoms with Gasteiger partial charge in [0, 0.05) is 11.1 Å². The van der Waals surface area contributed by atoms with Gasteiger partial charge in [0.25, 0.3) is 6.29 Å². The lowest BCUT2D eigenvalue weighted by Crippen LogP contribution is -2.26. The summed E-state index contributed by atoms with van der Waals surface area (Å²) in [7, 11) is 3.03. The van der Waals surface area contributed by atoms with Crippen molar-refractivity contribution in [3.8, 4) is 11.5 Å². The molecule has 112 valence electrons. The zero-order valence-electron chi connectivity index (χ0n) is 11.9. The van der Waals surface area contributed by atoms with Crippen LogP contribution in [-0.2, 0) is 25.5 Å². The molecular weight excluding hydrogens is 276 g/mol. The fourth-order valence-corrected chi connectivity index (χ4v) is 2.11. The largest absolute Gasteiger partial charge is 0.493 e. The zero-order valence-corrected chi connectivity index (χ0v) is 11.9. The summed E-state index contributed by atoms with van der Waals surface area (Å²) in [6.45, 7) is 3.69. The van der Waals surface area contributed by atoms with Crippen molar-refractivity contribution >= 4 is 11.9 Å². The Morgan fingerprint density at radius 2 is 1.90 bits per heavy atom. The molecule has 1 fully saturated rings. The molecule has 0 atom stereocenters. The summed E-state index contributed by atoms with van der Waals surface area (Å²) in [6, 6.07) is 3.35. The minimum absolute atomic E-state index is 0.372. The van der Waals surface area contributed by atoms with Crippen molar-refractivity contribution in [2.75, 3.05) is 14.2 Å². The van der Waals surface area contributed by atoms with Crippen LogP contribution in [-0.4, -0.2) is 26.2 Å². The molecule has 6 heteroatoms. The fraction of sp³-hybridized carbons (Fsp3) is 0.333. The van der Waals surface area contributed by atoms with E-state index in [0.29, 0.717) is 23.5 Å². The number of benzene rings is 1. The molecule has 1 heterocycles. The van der Waals surface area contributed by atoms with Crippen LogP contribution < -0.4 is 9.47 Å². The molecule has 0 N–H and O–H groups in total. The average molecular weight is 292 g/mol. The van der Waals surface area contributed by atoms with Gasteiger partial charge in [-0.1, -0.05) is 6.08 Å². The van der Waals surface area contributed by atoms with E-state index in [2.05, 4.69) is 6.58 Å². The maximum absolute atomic E-state index is 11.4. The molecule has 0 amide bonds. The van der Waals surface area contributed by atoms with Crippen LogP contribution in [0.5, 0.6) is 11.5 Å². The third-order valence-corrected chi connectivity index (χ3v) is 2.98. The molecule has 0 unspecified atom stereocenters. The van der Waals surface area contributed by atoms with Crippen LogP contribution in [0.4, 0.5) is 0 Å². The molecule has 0 spiro atoms. The van der Waals surface area contributed by atoms with Crippen molar-refractivity contribution in [2.24, 2.45) is 0 Å². The third-order valence-electron chi connectivity index (χ3n) is 2.98. The van der Waals surface area contributed by atoms with E-state index in [9.17, 15) is 9.59 Å². The number of allylic oxidation sites excluding steroid dienone is 1. The SMILES string of the molecule is C=CCc1cc(C2OC(=O)CC(=O)O2)cc(OC)c1OC. The molecule has 1 aromatic carbocycles. The predicted octanol–water partition coefficient (Wildman–Crippen LogP) is 1.92. The summed E-state index contributed by atoms with van der Waals surface area (Å²) >= 11 is 0. The number of esters is 2. The lowest BCUT2D eigenvalue weighted by molar-refractivity contribution is -0.204. The molecule has 2 rings (SSSR count). The van der Waals surface area contributed by atoms with Crippen molar-refractivity contribution < 1.29 is 28.5 Å². The summed E-state index contributed by atoms with van der Waals surface area (Å²) < 4.78 is 20.7. The summed E-state index contributed by atoms with van der Waals surface area (Å²) in [5.74, 6) is -0.202.